The van der Waals surface area contributed by atoms with E-state index in [2.05, 4.69) is 19.1 Å². The molecule has 0 amide bonds. The van der Waals surface area contributed by atoms with Crippen molar-refractivity contribution >= 4 is 58.0 Å². The first-order valence-electron chi connectivity index (χ1n) is 3.70. The lowest BCUT2D eigenvalue weighted by Crippen LogP contribution is -2.11. The molecule has 0 spiro atoms. The summed E-state index contributed by atoms with van der Waals surface area (Å²) in [6, 6.07) is 10.3. The van der Waals surface area contributed by atoms with Crippen molar-refractivity contribution in [1.82, 2.24) is 0 Å². The number of benzene rings is 1. The smallest absolute Gasteiger partial charge is 0.101 e. The Hall–Kier alpha value is 0.670. The number of hydrogen-bond acceptors (Lipinski definition) is 0. The van der Waals surface area contributed by atoms with E-state index in [-0.39, 0.29) is 0 Å². The van der Waals surface area contributed by atoms with E-state index in [1.165, 1.54) is 5.56 Å². The lowest BCUT2D eigenvalue weighted by Gasteiger charge is -2.09. The van der Waals surface area contributed by atoms with Crippen LogP contribution in [0, 0.1) is 6.92 Å². The van der Waals surface area contributed by atoms with Crippen molar-refractivity contribution in [1.29, 1.82) is 0 Å². The summed E-state index contributed by atoms with van der Waals surface area (Å²) >= 11 is 25.7. The second kappa shape index (κ2) is 7.03. The average molecular weight is 294 g/mol. The molecule has 0 radical (unpaired) electrons. The zero-order chi connectivity index (χ0) is 11.2. The summed E-state index contributed by atoms with van der Waals surface area (Å²) in [6.07, 6.45) is 0. The van der Waals surface area contributed by atoms with Gasteiger partial charge in [-0.15, -0.1) is 23.2 Å². The molecule has 0 saturated carbocycles. The molecule has 0 aromatic heterocycles. The molecule has 1 rings (SSSR count). The van der Waals surface area contributed by atoms with Gasteiger partial charge in [0.1, 0.15) is 0 Å². The van der Waals surface area contributed by atoms with Gasteiger partial charge in [-0.25, -0.2) is 0 Å². The fraction of sp³-hybridized carbons (Fsp3) is 0.333. The predicted octanol–water partition coefficient (Wildman–Crippen LogP) is 5.16. The molecule has 0 bridgehead atoms. The second-order valence-electron chi connectivity index (χ2n) is 2.50. The maximum absolute atomic E-state index is 5.14. The number of halogens is 5. The van der Waals surface area contributed by atoms with Crippen LogP contribution in [0.15, 0.2) is 30.3 Å². The summed E-state index contributed by atoms with van der Waals surface area (Å²) in [5.74, 6) is 0. The summed E-state index contributed by atoms with van der Waals surface area (Å²) in [7, 11) is 0. The molecule has 0 aliphatic rings. The third-order valence-corrected chi connectivity index (χ3v) is 3.17. The zero-order valence-electron chi connectivity index (χ0n) is 7.35. The quantitative estimate of drug-likeness (QED) is 0.580. The van der Waals surface area contributed by atoms with Crippen LogP contribution in [-0.2, 0) is 0 Å². The van der Waals surface area contributed by atoms with Crippen LogP contribution in [0.3, 0.4) is 0 Å². The third-order valence-electron chi connectivity index (χ3n) is 1.19. The zero-order valence-corrected chi connectivity index (χ0v) is 11.1. The van der Waals surface area contributed by atoms with Crippen molar-refractivity contribution in [3.8, 4) is 0 Å². The molecule has 0 aliphatic heterocycles. The molecule has 0 fully saturated rings. The lowest BCUT2D eigenvalue weighted by molar-refractivity contribution is 1.19. The Labute approximate surface area is 109 Å². The van der Waals surface area contributed by atoms with Gasteiger partial charge in [0.05, 0.1) is 0 Å². The van der Waals surface area contributed by atoms with E-state index in [1.807, 2.05) is 18.2 Å². The van der Waals surface area contributed by atoms with Gasteiger partial charge in [0.15, 0.2) is 4.84 Å². The van der Waals surface area contributed by atoms with E-state index >= 15 is 0 Å². The van der Waals surface area contributed by atoms with Gasteiger partial charge in [0.25, 0.3) is 0 Å². The van der Waals surface area contributed by atoms with Crippen LogP contribution in [0.25, 0.3) is 0 Å². The fourth-order valence-corrected chi connectivity index (χ4v) is 0.534. The Morgan fingerprint density at radius 3 is 1.50 bits per heavy atom. The van der Waals surface area contributed by atoms with Crippen molar-refractivity contribution in [2.75, 3.05) is 0 Å². The van der Waals surface area contributed by atoms with Crippen molar-refractivity contribution in [3.05, 3.63) is 35.9 Å². The van der Waals surface area contributed by atoms with Crippen LogP contribution >= 0.6 is 58.0 Å². The molecule has 0 unspecified atom stereocenters. The first kappa shape index (κ1) is 14.7. The van der Waals surface area contributed by atoms with Gasteiger partial charge in [-0.1, -0.05) is 70.7 Å². The first-order chi connectivity index (χ1) is 6.34. The van der Waals surface area contributed by atoms with E-state index in [0.717, 1.165) is 0 Å². The van der Waals surface area contributed by atoms with Crippen molar-refractivity contribution in [2.24, 2.45) is 0 Å². The molecule has 0 saturated heterocycles. The Morgan fingerprint density at radius 1 is 1.00 bits per heavy atom. The topological polar surface area (TPSA) is 0 Å². The molecule has 14 heavy (non-hydrogen) atoms. The third kappa shape index (κ3) is 8.02. The molecule has 1 aromatic carbocycles. The number of hydrogen-bond donors (Lipinski definition) is 0. The monoisotopic (exact) mass is 292 g/mol. The van der Waals surface area contributed by atoms with Gasteiger partial charge in [0, 0.05) is 0 Å². The summed E-state index contributed by atoms with van der Waals surface area (Å²) < 4.78 is -1.55. The van der Waals surface area contributed by atoms with E-state index in [4.69, 9.17) is 58.0 Å². The highest BCUT2D eigenvalue weighted by molar-refractivity contribution is 6.73. The Morgan fingerprint density at radius 2 is 1.36 bits per heavy atom. The Balaban J connectivity index is 0.000000241. The van der Waals surface area contributed by atoms with Crippen LogP contribution < -0.4 is 0 Å². The molecule has 0 nitrogen and oxygen atoms in total. The Bertz CT molecular complexity index is 239. The summed E-state index contributed by atoms with van der Waals surface area (Å²) in [5, 5.41) is 0. The molecule has 0 aliphatic carbocycles. The largest absolute Gasteiger partial charge is 0.220 e. The van der Waals surface area contributed by atoms with E-state index in [1.54, 1.807) is 0 Å². The minimum Gasteiger partial charge on any atom is -0.101 e. The van der Waals surface area contributed by atoms with E-state index < -0.39 is 8.63 Å². The van der Waals surface area contributed by atoms with Crippen LogP contribution in [0.4, 0.5) is 0 Å². The van der Waals surface area contributed by atoms with Crippen LogP contribution in [-0.4, -0.2) is 8.63 Å². The maximum Gasteiger partial charge on any atom is 0.220 e. The lowest BCUT2D eigenvalue weighted by atomic mass is 10.2. The van der Waals surface area contributed by atoms with Crippen LogP contribution in [0.5, 0.6) is 0 Å². The molecule has 1 aromatic rings. The molecular formula is C9H9Cl5. The minimum atomic E-state index is -1.55. The molecule has 0 N–H and O–H groups in total. The summed E-state index contributed by atoms with van der Waals surface area (Å²) in [4.78, 5) is -0.961. The van der Waals surface area contributed by atoms with E-state index in [0.29, 0.717) is 0 Å². The van der Waals surface area contributed by atoms with Gasteiger partial charge in [-0.3, -0.25) is 0 Å². The highest BCUT2D eigenvalue weighted by Gasteiger charge is 2.28. The Kier molecular flexibility index (Phi) is 7.36. The number of aryl methyl sites for hydroxylation is 1. The van der Waals surface area contributed by atoms with E-state index in [9.17, 15) is 0 Å². The van der Waals surface area contributed by atoms with Gasteiger partial charge in [0.2, 0.25) is 3.79 Å². The molecule has 0 heterocycles. The van der Waals surface area contributed by atoms with Crippen molar-refractivity contribution < 1.29 is 0 Å². The second-order valence-corrected chi connectivity index (χ2v) is 5.96. The van der Waals surface area contributed by atoms with Gasteiger partial charge >= 0.3 is 0 Å². The van der Waals surface area contributed by atoms with Gasteiger partial charge in [-0.05, 0) is 6.92 Å². The normalized spacial score (nSPS) is 10.8. The summed E-state index contributed by atoms with van der Waals surface area (Å²) in [6.45, 7) is 2.08. The molecule has 0 atom stereocenters. The molecule has 80 valence electrons. The van der Waals surface area contributed by atoms with Gasteiger partial charge in [-0.2, -0.15) is 0 Å². The highest BCUT2D eigenvalue weighted by atomic mass is 35.6. The van der Waals surface area contributed by atoms with Crippen LogP contribution in [0.1, 0.15) is 5.56 Å². The number of rotatable bonds is 0. The molecular weight excluding hydrogens is 285 g/mol. The summed E-state index contributed by atoms with van der Waals surface area (Å²) in [5.41, 5.74) is 1.32. The van der Waals surface area contributed by atoms with Crippen molar-refractivity contribution in [2.45, 2.75) is 15.6 Å². The van der Waals surface area contributed by atoms with Crippen molar-refractivity contribution in [3.63, 3.8) is 0 Å². The highest BCUT2D eigenvalue weighted by Crippen LogP contribution is 2.35. The minimum absolute atomic E-state index is 0.961. The predicted molar refractivity (Wildman–Crippen MR) is 67.0 cm³/mol. The fourth-order valence-electron chi connectivity index (χ4n) is 0.534. The van der Waals surface area contributed by atoms with Crippen LogP contribution in [0.2, 0.25) is 0 Å². The average Bonchev–Trinajstić information content (AvgIpc) is 2.04. The standard InChI is InChI=1S/C7H8.C2HCl5/c1-7-5-3-2-4-6-7;3-1(4)2(5,6)7/h2-6H,1H3;1H. The number of alkyl halides is 5. The molecule has 5 heteroatoms. The van der Waals surface area contributed by atoms with Gasteiger partial charge < -0.3 is 0 Å². The maximum atomic E-state index is 5.14. The first-order valence-corrected chi connectivity index (χ1v) is 5.71. The SMILES string of the molecule is Cc1ccccc1.ClC(Cl)C(Cl)(Cl)Cl.